The lowest BCUT2D eigenvalue weighted by molar-refractivity contribution is -0.322. The molecule has 2 saturated heterocycles. The molecule has 2 aliphatic heterocycles. The summed E-state index contributed by atoms with van der Waals surface area (Å²) in [7, 11) is 0. The van der Waals surface area contributed by atoms with Crippen LogP contribution in [0.25, 0.3) is 0 Å². The highest BCUT2D eigenvalue weighted by Gasteiger charge is 2.47. The highest BCUT2D eigenvalue weighted by Crippen LogP contribution is 2.38. The van der Waals surface area contributed by atoms with Crippen molar-refractivity contribution in [1.82, 2.24) is 0 Å². The fraction of sp³-hybridized carbons (Fsp3) is 0.400. The van der Waals surface area contributed by atoms with Gasteiger partial charge in [0.15, 0.2) is 12.6 Å². The van der Waals surface area contributed by atoms with E-state index in [1.54, 1.807) is 48.5 Å². The number of aliphatic hydroxyl groups is 2. The number of rotatable bonds is 3. The molecule has 8 heteroatoms. The van der Waals surface area contributed by atoms with Gasteiger partial charge in [0, 0.05) is 21.2 Å². The van der Waals surface area contributed by atoms with E-state index in [1.807, 2.05) is 0 Å². The molecular formula is C20H20Cl2O6. The third-order valence-corrected chi connectivity index (χ3v) is 5.32. The number of benzene rings is 2. The molecule has 2 aromatic carbocycles. The normalized spacial score (nSPS) is 33.1. The summed E-state index contributed by atoms with van der Waals surface area (Å²) >= 11 is 11.9. The first kappa shape index (κ1) is 20.1. The maximum Gasteiger partial charge on any atom is 0.184 e. The highest BCUT2D eigenvalue weighted by atomic mass is 35.5. The zero-order chi connectivity index (χ0) is 19.7. The van der Waals surface area contributed by atoms with Crippen LogP contribution < -0.4 is 0 Å². The molecule has 4 rings (SSSR count). The van der Waals surface area contributed by atoms with Crippen LogP contribution in [0.2, 0.25) is 10.0 Å². The molecule has 2 fully saturated rings. The average molecular weight is 427 g/mol. The predicted molar refractivity (Wildman–Crippen MR) is 102 cm³/mol. The standard InChI is InChI=1S/C20H20Cl2O6/c21-13-5-1-11(2-6-13)19-25-10-15(24)17-18(28-19)16(9-23)26-20(27-17)12-3-7-14(22)8-4-12/h1-8,15-20,23-24H,9-10H2/t15-,16+,17-,18-,19?,20?/m0/s1. The van der Waals surface area contributed by atoms with Crippen molar-refractivity contribution in [1.29, 1.82) is 0 Å². The zero-order valence-corrected chi connectivity index (χ0v) is 16.3. The monoisotopic (exact) mass is 426 g/mol. The summed E-state index contributed by atoms with van der Waals surface area (Å²) in [5.41, 5.74) is 1.47. The van der Waals surface area contributed by atoms with Crippen LogP contribution in [-0.2, 0) is 18.9 Å². The summed E-state index contributed by atoms with van der Waals surface area (Å²) in [5.74, 6) is 0. The van der Waals surface area contributed by atoms with Crippen LogP contribution >= 0.6 is 23.2 Å². The second-order valence-corrected chi connectivity index (χ2v) is 7.60. The first-order valence-corrected chi connectivity index (χ1v) is 9.68. The number of hydrogen-bond acceptors (Lipinski definition) is 6. The number of aliphatic hydroxyl groups excluding tert-OH is 2. The maximum atomic E-state index is 10.6. The molecule has 0 radical (unpaired) electrons. The van der Waals surface area contributed by atoms with Crippen molar-refractivity contribution in [2.45, 2.75) is 37.0 Å². The Morgan fingerprint density at radius 1 is 0.786 bits per heavy atom. The minimum Gasteiger partial charge on any atom is -0.394 e. The first-order chi connectivity index (χ1) is 13.5. The van der Waals surface area contributed by atoms with Crippen molar-refractivity contribution in [3.63, 3.8) is 0 Å². The van der Waals surface area contributed by atoms with E-state index in [0.717, 1.165) is 11.1 Å². The van der Waals surface area contributed by atoms with Gasteiger partial charge < -0.3 is 29.2 Å². The predicted octanol–water partition coefficient (Wildman–Crippen LogP) is 3.24. The molecule has 2 heterocycles. The third-order valence-electron chi connectivity index (χ3n) is 4.81. The fourth-order valence-electron chi connectivity index (χ4n) is 3.36. The topological polar surface area (TPSA) is 77.4 Å². The lowest BCUT2D eigenvalue weighted by atomic mass is 10.0. The van der Waals surface area contributed by atoms with Gasteiger partial charge in [0.1, 0.15) is 24.4 Å². The van der Waals surface area contributed by atoms with Gasteiger partial charge >= 0.3 is 0 Å². The third kappa shape index (κ3) is 4.20. The van der Waals surface area contributed by atoms with Crippen molar-refractivity contribution in [2.75, 3.05) is 13.2 Å². The summed E-state index contributed by atoms with van der Waals surface area (Å²) in [6.07, 6.45) is -4.60. The quantitative estimate of drug-likeness (QED) is 0.784. The summed E-state index contributed by atoms with van der Waals surface area (Å²) in [5, 5.41) is 21.7. The van der Waals surface area contributed by atoms with E-state index in [4.69, 9.17) is 42.1 Å². The summed E-state index contributed by atoms with van der Waals surface area (Å²) in [4.78, 5) is 0. The van der Waals surface area contributed by atoms with Gasteiger partial charge in [-0.15, -0.1) is 0 Å². The molecule has 6 atom stereocenters. The average Bonchev–Trinajstić information content (AvgIpc) is 2.88. The molecule has 28 heavy (non-hydrogen) atoms. The number of halogens is 2. The Morgan fingerprint density at radius 2 is 1.32 bits per heavy atom. The van der Waals surface area contributed by atoms with E-state index in [1.165, 1.54) is 0 Å². The van der Waals surface area contributed by atoms with Crippen LogP contribution in [0.15, 0.2) is 48.5 Å². The fourth-order valence-corrected chi connectivity index (χ4v) is 3.61. The Labute approximate surface area is 172 Å². The van der Waals surface area contributed by atoms with Crippen LogP contribution in [0.4, 0.5) is 0 Å². The summed E-state index contributed by atoms with van der Waals surface area (Å²) < 4.78 is 23.7. The Hall–Kier alpha value is -1.22. The largest absolute Gasteiger partial charge is 0.394 e. The van der Waals surface area contributed by atoms with Crippen LogP contribution in [0.5, 0.6) is 0 Å². The number of ether oxygens (including phenoxy) is 4. The smallest absolute Gasteiger partial charge is 0.184 e. The van der Waals surface area contributed by atoms with Gasteiger partial charge in [-0.1, -0.05) is 47.5 Å². The van der Waals surface area contributed by atoms with Gasteiger partial charge in [0.2, 0.25) is 0 Å². The van der Waals surface area contributed by atoms with Crippen molar-refractivity contribution in [2.24, 2.45) is 0 Å². The van der Waals surface area contributed by atoms with E-state index in [0.29, 0.717) is 10.0 Å². The van der Waals surface area contributed by atoms with Gasteiger partial charge in [0.05, 0.1) is 13.2 Å². The summed E-state index contributed by atoms with van der Waals surface area (Å²) in [6, 6.07) is 14.0. The van der Waals surface area contributed by atoms with Gasteiger partial charge in [-0.05, 0) is 24.3 Å². The number of fused-ring (bicyclic) bond motifs is 1. The minimum absolute atomic E-state index is 0.0138. The van der Waals surface area contributed by atoms with Crippen LogP contribution in [0.1, 0.15) is 23.7 Å². The van der Waals surface area contributed by atoms with E-state index in [9.17, 15) is 10.2 Å². The minimum atomic E-state index is -0.949. The first-order valence-electron chi connectivity index (χ1n) is 8.93. The van der Waals surface area contributed by atoms with Crippen LogP contribution in [0, 0.1) is 0 Å². The molecule has 0 bridgehead atoms. The van der Waals surface area contributed by atoms with Crippen LogP contribution in [0.3, 0.4) is 0 Å². The second kappa shape index (κ2) is 8.65. The molecule has 2 unspecified atom stereocenters. The Bertz CT molecular complexity index is 741. The zero-order valence-electron chi connectivity index (χ0n) is 14.8. The van der Waals surface area contributed by atoms with E-state index >= 15 is 0 Å². The highest BCUT2D eigenvalue weighted by molar-refractivity contribution is 6.30. The molecule has 0 aromatic heterocycles. The van der Waals surface area contributed by atoms with Gasteiger partial charge in [-0.3, -0.25) is 0 Å². The number of hydrogen-bond donors (Lipinski definition) is 2. The lowest BCUT2D eigenvalue weighted by Crippen LogP contribution is -2.54. The van der Waals surface area contributed by atoms with E-state index in [-0.39, 0.29) is 13.2 Å². The van der Waals surface area contributed by atoms with Gasteiger partial charge in [-0.2, -0.15) is 0 Å². The van der Waals surface area contributed by atoms with Crippen molar-refractivity contribution >= 4 is 23.2 Å². The molecule has 0 saturated carbocycles. The van der Waals surface area contributed by atoms with Gasteiger partial charge in [-0.25, -0.2) is 0 Å². The molecule has 2 aromatic rings. The van der Waals surface area contributed by atoms with Crippen molar-refractivity contribution < 1.29 is 29.2 Å². The summed E-state index contributed by atoms with van der Waals surface area (Å²) in [6.45, 7) is -0.283. The van der Waals surface area contributed by atoms with E-state index < -0.39 is 37.0 Å². The Balaban J connectivity index is 1.57. The van der Waals surface area contributed by atoms with E-state index in [2.05, 4.69) is 0 Å². The molecule has 0 aliphatic carbocycles. The molecule has 0 amide bonds. The molecule has 2 aliphatic rings. The molecule has 150 valence electrons. The molecule has 0 spiro atoms. The molecular weight excluding hydrogens is 407 g/mol. The van der Waals surface area contributed by atoms with Crippen molar-refractivity contribution in [3.8, 4) is 0 Å². The Kier molecular flexibility index (Phi) is 6.20. The maximum absolute atomic E-state index is 10.6. The molecule has 6 nitrogen and oxygen atoms in total. The molecule has 2 N–H and O–H groups in total. The SMILES string of the molecule is OC[C@H]1OC(c2ccc(Cl)cc2)O[C@@H]2[C@H]1OC(c1ccc(Cl)cc1)OC[C@@H]2O. The van der Waals surface area contributed by atoms with Gasteiger partial charge in [0.25, 0.3) is 0 Å². The lowest BCUT2D eigenvalue weighted by Gasteiger charge is -2.41. The van der Waals surface area contributed by atoms with Crippen molar-refractivity contribution in [3.05, 3.63) is 69.7 Å². The second-order valence-electron chi connectivity index (χ2n) is 6.73. The van der Waals surface area contributed by atoms with Crippen LogP contribution in [-0.4, -0.2) is 47.8 Å². The Morgan fingerprint density at radius 3 is 1.89 bits per heavy atom.